The first-order chi connectivity index (χ1) is 15.7. The first-order valence-electron chi connectivity index (χ1n) is 9.64. The number of amides is 2. The average Bonchev–Trinajstić information content (AvgIpc) is 2.81. The molecule has 0 spiro atoms. The van der Waals surface area contributed by atoms with Crippen molar-refractivity contribution in [1.29, 1.82) is 5.26 Å². The Morgan fingerprint density at radius 2 is 1.82 bits per heavy atom. The van der Waals surface area contributed by atoms with Gasteiger partial charge < -0.3 is 5.32 Å². The number of aryl methyl sites for hydroxylation is 1. The summed E-state index contributed by atoms with van der Waals surface area (Å²) in [5.41, 5.74) is -2.48. The average molecular weight is 486 g/mol. The zero-order valence-electron chi connectivity index (χ0n) is 17.6. The van der Waals surface area contributed by atoms with Crippen LogP contribution < -0.4 is 10.2 Å². The molecule has 2 aromatic carbocycles. The molecule has 1 heterocycles. The van der Waals surface area contributed by atoms with Crippen LogP contribution in [-0.2, 0) is 15.1 Å². The van der Waals surface area contributed by atoms with Crippen LogP contribution >= 0.6 is 23.2 Å². The smallest absolute Gasteiger partial charge is 0.278 e. The highest BCUT2D eigenvalue weighted by Gasteiger charge is 2.47. The van der Waals surface area contributed by atoms with Crippen molar-refractivity contribution >= 4 is 46.4 Å². The second kappa shape index (κ2) is 9.94. The van der Waals surface area contributed by atoms with Crippen molar-refractivity contribution in [3.05, 3.63) is 82.9 Å². The number of carbonyl (C=O) groups is 2. The number of halogens is 3. The number of nitrogens with one attached hydrogen (secondary N) is 1. The summed E-state index contributed by atoms with van der Waals surface area (Å²) in [5, 5.41) is 12.1. The van der Waals surface area contributed by atoms with E-state index in [0.29, 0.717) is 0 Å². The van der Waals surface area contributed by atoms with E-state index in [1.165, 1.54) is 43.8 Å². The number of alkyl halides is 2. The van der Waals surface area contributed by atoms with Crippen LogP contribution in [0, 0.1) is 18.3 Å². The van der Waals surface area contributed by atoms with Crippen LogP contribution in [0.1, 0.15) is 23.6 Å². The van der Waals surface area contributed by atoms with Crippen LogP contribution in [-0.4, -0.2) is 27.4 Å². The summed E-state index contributed by atoms with van der Waals surface area (Å²) in [4.78, 5) is 35.6. The fourth-order valence-corrected chi connectivity index (χ4v) is 3.51. The fraction of sp³-hybridized carbons (Fsp3) is 0.174. The monoisotopic (exact) mass is 485 g/mol. The van der Waals surface area contributed by atoms with Crippen LogP contribution in [0.5, 0.6) is 0 Å². The van der Waals surface area contributed by atoms with Gasteiger partial charge in [0.15, 0.2) is 5.54 Å². The van der Waals surface area contributed by atoms with Crippen LogP contribution in [0.25, 0.3) is 0 Å². The van der Waals surface area contributed by atoms with Crippen molar-refractivity contribution < 1.29 is 14.0 Å². The molecule has 0 bridgehead atoms. The van der Waals surface area contributed by atoms with Gasteiger partial charge in [0, 0.05) is 29.3 Å². The summed E-state index contributed by atoms with van der Waals surface area (Å²) in [6, 6.07) is 12.9. The zero-order valence-corrected chi connectivity index (χ0v) is 19.1. The predicted octanol–water partition coefficient (Wildman–Crippen LogP) is 4.73. The quantitative estimate of drug-likeness (QED) is 0.508. The normalized spacial score (nSPS) is 13.3. The van der Waals surface area contributed by atoms with Crippen molar-refractivity contribution in [2.24, 2.45) is 0 Å². The number of hydrogen-bond donors (Lipinski definition) is 1. The van der Waals surface area contributed by atoms with Crippen LogP contribution in [0.15, 0.2) is 61.2 Å². The molecule has 10 heteroatoms. The van der Waals surface area contributed by atoms with Gasteiger partial charge >= 0.3 is 0 Å². The SMILES string of the molecule is Cc1ccc(N(C(=O)[C@H](F)Cl)C(C)(C(=O)Nc2ccc(Cl)c(C#N)c2)c2cncnc2)cc1. The van der Waals surface area contributed by atoms with Gasteiger partial charge in [0.05, 0.1) is 10.6 Å². The maximum Gasteiger partial charge on any atom is 0.278 e. The molecule has 0 aliphatic carbocycles. The Bertz CT molecular complexity index is 1220. The Labute approximate surface area is 199 Å². The van der Waals surface area contributed by atoms with Crippen LogP contribution in [0.2, 0.25) is 5.02 Å². The van der Waals surface area contributed by atoms with E-state index in [1.54, 1.807) is 24.3 Å². The number of hydrogen-bond acceptors (Lipinski definition) is 5. The van der Waals surface area contributed by atoms with Gasteiger partial charge in [-0.3, -0.25) is 14.5 Å². The zero-order chi connectivity index (χ0) is 24.2. The third-order valence-corrected chi connectivity index (χ3v) is 5.57. The van der Waals surface area contributed by atoms with E-state index in [0.717, 1.165) is 10.5 Å². The number of anilines is 2. The highest BCUT2D eigenvalue weighted by molar-refractivity contribution is 6.32. The summed E-state index contributed by atoms with van der Waals surface area (Å²) in [6.07, 6.45) is 3.97. The lowest BCUT2D eigenvalue weighted by atomic mass is 9.89. The fourth-order valence-electron chi connectivity index (χ4n) is 3.25. The molecule has 0 saturated carbocycles. The van der Waals surface area contributed by atoms with Crippen LogP contribution in [0.4, 0.5) is 15.8 Å². The number of rotatable bonds is 6. The molecule has 1 N–H and O–H groups in total. The first kappa shape index (κ1) is 24.1. The predicted molar refractivity (Wildman–Crippen MR) is 124 cm³/mol. The Kier molecular flexibility index (Phi) is 7.26. The molecule has 2 amide bonds. The van der Waals surface area contributed by atoms with E-state index in [-0.39, 0.29) is 27.5 Å². The van der Waals surface area contributed by atoms with Crippen molar-refractivity contribution in [2.45, 2.75) is 25.0 Å². The minimum absolute atomic E-state index is 0.148. The lowest BCUT2D eigenvalue weighted by Gasteiger charge is -2.40. The lowest BCUT2D eigenvalue weighted by Crippen LogP contribution is -2.56. The molecule has 0 saturated heterocycles. The molecule has 0 radical (unpaired) electrons. The number of benzene rings is 2. The molecule has 33 heavy (non-hydrogen) atoms. The molecule has 7 nitrogen and oxygen atoms in total. The van der Waals surface area contributed by atoms with Gasteiger partial charge in [0.2, 0.25) is 0 Å². The van der Waals surface area contributed by atoms with Crippen LogP contribution in [0.3, 0.4) is 0 Å². The Morgan fingerprint density at radius 3 is 2.39 bits per heavy atom. The molecular weight excluding hydrogens is 468 g/mol. The third kappa shape index (κ3) is 4.95. The molecule has 168 valence electrons. The third-order valence-electron chi connectivity index (χ3n) is 5.06. The maximum absolute atomic E-state index is 14.2. The number of aromatic nitrogens is 2. The maximum atomic E-state index is 14.2. The first-order valence-corrected chi connectivity index (χ1v) is 10.5. The van der Waals surface area contributed by atoms with Crippen molar-refractivity contribution in [2.75, 3.05) is 10.2 Å². The molecule has 2 atom stereocenters. The molecule has 0 aliphatic heterocycles. The lowest BCUT2D eigenvalue weighted by molar-refractivity contribution is -0.128. The second-order valence-corrected chi connectivity index (χ2v) is 8.06. The summed E-state index contributed by atoms with van der Waals surface area (Å²) < 4.78 is 14.2. The summed E-state index contributed by atoms with van der Waals surface area (Å²) in [5.74, 6) is -1.86. The van der Waals surface area contributed by atoms with Gasteiger partial charge in [-0.15, -0.1) is 0 Å². The molecule has 0 aliphatic rings. The van der Waals surface area contributed by atoms with Gasteiger partial charge in [-0.2, -0.15) is 5.26 Å². The number of nitriles is 1. The Balaban J connectivity index is 2.18. The molecule has 1 unspecified atom stereocenters. The minimum atomic E-state index is -2.41. The topological polar surface area (TPSA) is 99.0 Å². The summed E-state index contributed by atoms with van der Waals surface area (Å²) in [7, 11) is 0. The van der Waals surface area contributed by atoms with Crippen molar-refractivity contribution in [3.63, 3.8) is 0 Å². The van der Waals surface area contributed by atoms with Gasteiger partial charge in [-0.05, 0) is 44.2 Å². The van der Waals surface area contributed by atoms with E-state index in [2.05, 4.69) is 15.3 Å². The molecule has 3 aromatic rings. The van der Waals surface area contributed by atoms with E-state index in [9.17, 15) is 19.2 Å². The molecule has 0 fully saturated rings. The van der Waals surface area contributed by atoms with Gasteiger partial charge in [-0.25, -0.2) is 14.4 Å². The van der Waals surface area contributed by atoms with E-state index in [1.807, 2.05) is 13.0 Å². The standard InChI is InChI=1S/C23H18Cl2FN5O2/c1-14-3-6-18(7-4-14)31(21(32)20(25)26)23(2,16-11-28-13-29-12-16)22(33)30-17-5-8-19(24)15(9-17)10-27/h3-9,11-13,20H,1-2H3,(H,30,33)/t20-,23?/m0/s1. The summed E-state index contributed by atoms with van der Waals surface area (Å²) in [6.45, 7) is 3.28. The minimum Gasteiger partial charge on any atom is -0.324 e. The highest BCUT2D eigenvalue weighted by atomic mass is 35.5. The Hall–Kier alpha value is -3.54. The van der Waals surface area contributed by atoms with Gasteiger partial charge in [-0.1, -0.05) is 40.9 Å². The van der Waals surface area contributed by atoms with Gasteiger partial charge in [0.1, 0.15) is 12.4 Å². The van der Waals surface area contributed by atoms with Crippen molar-refractivity contribution in [3.8, 4) is 6.07 Å². The largest absolute Gasteiger partial charge is 0.324 e. The van der Waals surface area contributed by atoms with Gasteiger partial charge in [0.25, 0.3) is 17.4 Å². The Morgan fingerprint density at radius 1 is 1.18 bits per heavy atom. The second-order valence-electron chi connectivity index (χ2n) is 7.27. The highest BCUT2D eigenvalue weighted by Crippen LogP contribution is 2.36. The van der Waals surface area contributed by atoms with E-state index >= 15 is 0 Å². The molecule has 3 rings (SSSR count). The van der Waals surface area contributed by atoms with E-state index in [4.69, 9.17) is 23.2 Å². The summed E-state index contributed by atoms with van der Waals surface area (Å²) >= 11 is 11.5. The number of carbonyl (C=O) groups excluding carboxylic acids is 2. The number of nitrogens with zero attached hydrogens (tertiary/aromatic N) is 4. The molecule has 1 aromatic heterocycles. The van der Waals surface area contributed by atoms with E-state index < -0.39 is 23.0 Å². The van der Waals surface area contributed by atoms with Crippen molar-refractivity contribution in [1.82, 2.24) is 9.97 Å². The molecular formula is C23H18Cl2FN5O2.